The van der Waals surface area contributed by atoms with E-state index in [9.17, 15) is 57.5 Å². The minimum Gasteiger partial charge on any atom is -0.392 e. The number of hydrogen-bond donors (Lipinski definition) is 1. The predicted octanol–water partition coefficient (Wildman–Crippen LogP) is 6.62. The molecule has 0 spiro atoms. The van der Waals surface area contributed by atoms with Crippen LogP contribution in [0.15, 0.2) is 47.3 Å². The molecule has 0 atom stereocenters. The third kappa shape index (κ3) is 5.83. The second-order valence-electron chi connectivity index (χ2n) is 7.54. The number of nitrogens with zero attached hydrogens (tertiary/aromatic N) is 2. The molecule has 2 N–H and O–H groups in total. The lowest BCUT2D eigenvalue weighted by molar-refractivity contribution is -0.141. The van der Waals surface area contributed by atoms with Crippen molar-refractivity contribution in [3.8, 4) is 11.4 Å². The maximum absolute atomic E-state index is 13.6. The van der Waals surface area contributed by atoms with Crippen LogP contribution in [0.25, 0.3) is 11.4 Å². The monoisotopic (exact) mass is 549 g/mol. The molecule has 200 valence electrons. The first-order valence-corrected chi connectivity index (χ1v) is 9.63. The molecule has 1 aromatic heterocycles. The van der Waals surface area contributed by atoms with Crippen LogP contribution in [0, 0.1) is 0 Å². The van der Waals surface area contributed by atoms with Crippen LogP contribution < -0.4 is 11.3 Å². The molecule has 0 aliphatic rings. The van der Waals surface area contributed by atoms with Crippen molar-refractivity contribution in [2.45, 2.75) is 31.2 Å². The van der Waals surface area contributed by atoms with Gasteiger partial charge in [0.2, 0.25) is 0 Å². The van der Waals surface area contributed by atoms with Gasteiger partial charge in [-0.2, -0.15) is 52.7 Å². The highest BCUT2D eigenvalue weighted by molar-refractivity contribution is 5.65. The Hall–Kier alpha value is -3.72. The van der Waals surface area contributed by atoms with Crippen LogP contribution in [-0.4, -0.2) is 9.55 Å². The summed E-state index contributed by atoms with van der Waals surface area (Å²) in [6, 6.07) is 2.43. The van der Waals surface area contributed by atoms with E-state index in [0.717, 1.165) is 12.1 Å². The first kappa shape index (κ1) is 27.9. The van der Waals surface area contributed by atoms with Crippen molar-refractivity contribution in [2.24, 2.45) is 0 Å². The highest BCUT2D eigenvalue weighted by atomic mass is 19.4. The molecule has 0 aliphatic carbocycles. The van der Waals surface area contributed by atoms with E-state index in [1.165, 1.54) is 0 Å². The summed E-state index contributed by atoms with van der Waals surface area (Å²) in [4.78, 5) is 15.7. The van der Waals surface area contributed by atoms with E-state index in [-0.39, 0.29) is 28.3 Å². The number of nitrogens with two attached hydrogens (primary N) is 1. The molecule has 0 radical (unpaired) electrons. The Morgan fingerprint density at radius 2 is 1.22 bits per heavy atom. The molecule has 3 aromatic rings. The summed E-state index contributed by atoms with van der Waals surface area (Å²) >= 11 is 0. The molecule has 2 aromatic carbocycles. The molecule has 37 heavy (non-hydrogen) atoms. The number of benzene rings is 2. The van der Waals surface area contributed by atoms with Gasteiger partial charge in [-0.05, 0) is 35.9 Å². The molecular weight excluding hydrogens is 538 g/mol. The smallest absolute Gasteiger partial charge is 0.392 e. The SMILES string of the molecule is Nc1c(C(F)(F)F)nc(-c2cc(C(F)(F)F)ccc2C(F)(F)F)n(Cc2ccc(C(F)(F)F)cc2)c1=O. The summed E-state index contributed by atoms with van der Waals surface area (Å²) in [6.45, 7) is -0.977. The largest absolute Gasteiger partial charge is 0.435 e. The van der Waals surface area contributed by atoms with Crippen LogP contribution in [0.2, 0.25) is 0 Å². The van der Waals surface area contributed by atoms with E-state index in [0.29, 0.717) is 12.1 Å². The number of hydrogen-bond acceptors (Lipinski definition) is 3. The van der Waals surface area contributed by atoms with Crippen LogP contribution >= 0.6 is 0 Å². The molecule has 1 heterocycles. The fourth-order valence-electron chi connectivity index (χ4n) is 3.27. The van der Waals surface area contributed by atoms with Gasteiger partial charge < -0.3 is 5.73 Å². The van der Waals surface area contributed by atoms with Crippen molar-refractivity contribution in [1.82, 2.24) is 9.55 Å². The Bertz CT molecular complexity index is 1360. The molecule has 0 aliphatic heterocycles. The normalized spacial score (nSPS) is 13.2. The van der Waals surface area contributed by atoms with Gasteiger partial charge in [0, 0.05) is 5.56 Å². The predicted molar refractivity (Wildman–Crippen MR) is 104 cm³/mol. The first-order valence-electron chi connectivity index (χ1n) is 9.63. The number of rotatable bonds is 3. The number of halogens is 12. The lowest BCUT2D eigenvalue weighted by atomic mass is 10.0. The molecule has 4 nitrogen and oxygen atoms in total. The summed E-state index contributed by atoms with van der Waals surface area (Å²) in [5.41, 5.74) is -6.78. The highest BCUT2D eigenvalue weighted by Crippen LogP contribution is 2.41. The zero-order chi connectivity index (χ0) is 28.1. The summed E-state index contributed by atoms with van der Waals surface area (Å²) in [5.74, 6) is -1.48. The number of anilines is 1. The second kappa shape index (κ2) is 8.99. The molecule has 3 rings (SSSR count). The lowest BCUT2D eigenvalue weighted by Gasteiger charge is -2.21. The molecular formula is C21H11F12N3O. The van der Waals surface area contributed by atoms with Gasteiger partial charge in [-0.1, -0.05) is 12.1 Å². The second-order valence-corrected chi connectivity index (χ2v) is 7.54. The van der Waals surface area contributed by atoms with Gasteiger partial charge in [-0.15, -0.1) is 0 Å². The Labute approximate surface area is 198 Å². The molecule has 0 unspecified atom stereocenters. The molecule has 0 fully saturated rings. The van der Waals surface area contributed by atoms with Crippen molar-refractivity contribution in [3.05, 3.63) is 80.8 Å². The third-order valence-corrected chi connectivity index (χ3v) is 4.99. The van der Waals surface area contributed by atoms with E-state index < -0.39 is 76.3 Å². The molecule has 0 bridgehead atoms. The topological polar surface area (TPSA) is 60.9 Å². The Morgan fingerprint density at radius 1 is 0.703 bits per heavy atom. The average molecular weight is 549 g/mol. The fraction of sp³-hybridized carbons (Fsp3) is 0.238. The van der Waals surface area contributed by atoms with E-state index in [1.807, 2.05) is 0 Å². The zero-order valence-corrected chi connectivity index (χ0v) is 17.7. The zero-order valence-electron chi connectivity index (χ0n) is 17.7. The summed E-state index contributed by atoms with van der Waals surface area (Å²) in [7, 11) is 0. The van der Waals surface area contributed by atoms with Crippen LogP contribution in [0.3, 0.4) is 0 Å². The maximum atomic E-state index is 13.6. The summed E-state index contributed by atoms with van der Waals surface area (Å²) in [5, 5.41) is 0. The first-order chi connectivity index (χ1) is 16.7. The Morgan fingerprint density at radius 3 is 1.68 bits per heavy atom. The molecule has 0 saturated heterocycles. The van der Waals surface area contributed by atoms with Crippen LogP contribution in [0.5, 0.6) is 0 Å². The van der Waals surface area contributed by atoms with Crippen LogP contribution in [0.1, 0.15) is 27.9 Å². The summed E-state index contributed by atoms with van der Waals surface area (Å²) < 4.78 is 160. The van der Waals surface area contributed by atoms with Gasteiger partial charge in [0.1, 0.15) is 11.5 Å². The Balaban J connectivity index is 2.37. The molecule has 0 saturated carbocycles. The quantitative estimate of drug-likeness (QED) is 0.374. The average Bonchev–Trinajstić information content (AvgIpc) is 2.74. The Kier molecular flexibility index (Phi) is 6.77. The number of nitrogen functional groups attached to an aromatic ring is 1. The minimum atomic E-state index is -5.49. The van der Waals surface area contributed by atoms with Gasteiger partial charge >= 0.3 is 24.7 Å². The highest BCUT2D eigenvalue weighted by Gasteiger charge is 2.41. The van der Waals surface area contributed by atoms with Gasteiger partial charge in [-0.25, -0.2) is 4.98 Å². The van der Waals surface area contributed by atoms with E-state index in [1.54, 1.807) is 0 Å². The van der Waals surface area contributed by atoms with Crippen molar-refractivity contribution in [1.29, 1.82) is 0 Å². The van der Waals surface area contributed by atoms with Gasteiger partial charge in [-0.3, -0.25) is 9.36 Å². The third-order valence-electron chi connectivity index (χ3n) is 4.99. The van der Waals surface area contributed by atoms with E-state index >= 15 is 0 Å². The van der Waals surface area contributed by atoms with Gasteiger partial charge in [0.15, 0.2) is 5.69 Å². The van der Waals surface area contributed by atoms with Crippen molar-refractivity contribution < 1.29 is 52.7 Å². The maximum Gasteiger partial charge on any atom is 0.435 e. The van der Waals surface area contributed by atoms with Crippen LogP contribution in [-0.2, 0) is 31.2 Å². The van der Waals surface area contributed by atoms with Crippen molar-refractivity contribution in [2.75, 3.05) is 5.73 Å². The number of aromatic nitrogens is 2. The summed E-state index contributed by atoms with van der Waals surface area (Å²) in [6.07, 6.45) is -20.9. The van der Waals surface area contributed by atoms with Crippen molar-refractivity contribution >= 4 is 5.69 Å². The number of alkyl halides is 12. The molecule has 0 amide bonds. The van der Waals surface area contributed by atoms with Crippen molar-refractivity contribution in [3.63, 3.8) is 0 Å². The standard InChI is InChI=1S/C21H11F12N3O/c22-18(23,24)10-3-1-9(2-4-10)8-36-16(35-15(21(31,32)33)14(34)17(36)37)12-7-11(19(25,26)27)5-6-13(12)20(28,29)30/h1-7H,8,34H2. The molecule has 16 heteroatoms. The van der Waals surface area contributed by atoms with Gasteiger partial charge in [0.25, 0.3) is 5.56 Å². The minimum absolute atomic E-state index is 0.0343. The fourth-order valence-corrected chi connectivity index (χ4v) is 3.27. The van der Waals surface area contributed by atoms with Crippen LogP contribution in [0.4, 0.5) is 58.4 Å². The van der Waals surface area contributed by atoms with E-state index in [2.05, 4.69) is 4.98 Å². The van der Waals surface area contributed by atoms with E-state index in [4.69, 9.17) is 5.73 Å². The van der Waals surface area contributed by atoms with Gasteiger partial charge in [0.05, 0.1) is 23.2 Å². The lowest BCUT2D eigenvalue weighted by Crippen LogP contribution is -2.31.